The van der Waals surface area contributed by atoms with Crippen LogP contribution in [0.15, 0.2) is 47.4 Å². The van der Waals surface area contributed by atoms with E-state index < -0.39 is 0 Å². The lowest BCUT2D eigenvalue weighted by molar-refractivity contribution is -0.115. The van der Waals surface area contributed by atoms with E-state index in [1.807, 2.05) is 18.2 Å². The van der Waals surface area contributed by atoms with E-state index in [-0.39, 0.29) is 17.7 Å². The van der Waals surface area contributed by atoms with Crippen molar-refractivity contribution in [2.75, 3.05) is 25.2 Å². The van der Waals surface area contributed by atoms with Gasteiger partial charge in [-0.25, -0.2) is 0 Å². The molecule has 0 unspecified atom stereocenters. The van der Waals surface area contributed by atoms with Crippen LogP contribution in [0, 0.1) is 0 Å². The fourth-order valence-electron chi connectivity index (χ4n) is 2.82. The molecule has 0 saturated heterocycles. The Morgan fingerprint density at radius 2 is 1.85 bits per heavy atom. The van der Waals surface area contributed by atoms with Gasteiger partial charge in [0.2, 0.25) is 5.91 Å². The zero-order valence-electron chi connectivity index (χ0n) is 15.2. The maximum Gasteiger partial charge on any atom is 0.253 e. The normalized spacial score (nSPS) is 13.2. The number of nitrogens with one attached hydrogen (secondary N) is 2. The lowest BCUT2D eigenvalue weighted by Gasteiger charge is -2.18. The number of amides is 3. The molecule has 2 N–H and O–H groups in total. The standard InChI is InChI=1S/C20H21N3O3S/c1-21-19(25)14-5-3-13(4-6-14)12-23(2)20(26)15-7-8-17-16(11-15)22-18(24)9-10-27-17/h3-8,11H,9-10,12H2,1-2H3,(H,21,25)(H,22,24). The first-order valence-electron chi connectivity index (χ1n) is 8.61. The maximum absolute atomic E-state index is 12.8. The van der Waals surface area contributed by atoms with Gasteiger partial charge in [0.15, 0.2) is 0 Å². The second kappa shape index (κ2) is 8.26. The van der Waals surface area contributed by atoms with Crippen LogP contribution in [0.4, 0.5) is 5.69 Å². The summed E-state index contributed by atoms with van der Waals surface area (Å²) in [4.78, 5) is 38.7. The Labute approximate surface area is 162 Å². The Hall–Kier alpha value is -2.80. The fraction of sp³-hybridized carbons (Fsp3) is 0.250. The van der Waals surface area contributed by atoms with Crippen LogP contribution >= 0.6 is 11.8 Å². The topological polar surface area (TPSA) is 78.5 Å². The number of hydrogen-bond acceptors (Lipinski definition) is 4. The van der Waals surface area contributed by atoms with Gasteiger partial charge in [0.05, 0.1) is 5.69 Å². The summed E-state index contributed by atoms with van der Waals surface area (Å²) in [5.41, 5.74) is 2.73. The highest BCUT2D eigenvalue weighted by atomic mass is 32.2. The van der Waals surface area contributed by atoms with Crippen LogP contribution in [-0.2, 0) is 11.3 Å². The van der Waals surface area contributed by atoms with E-state index in [0.717, 1.165) is 16.2 Å². The molecule has 0 spiro atoms. The highest BCUT2D eigenvalue weighted by Gasteiger charge is 2.18. The van der Waals surface area contributed by atoms with Gasteiger partial charge in [-0.15, -0.1) is 11.8 Å². The van der Waals surface area contributed by atoms with Crippen LogP contribution < -0.4 is 10.6 Å². The number of carbonyl (C=O) groups is 3. The number of nitrogens with zero attached hydrogens (tertiary/aromatic N) is 1. The van der Waals surface area contributed by atoms with Crippen LogP contribution in [0.3, 0.4) is 0 Å². The summed E-state index contributed by atoms with van der Waals surface area (Å²) in [6, 6.07) is 12.6. The quantitative estimate of drug-likeness (QED) is 0.851. The van der Waals surface area contributed by atoms with Crippen molar-refractivity contribution >= 4 is 35.2 Å². The van der Waals surface area contributed by atoms with E-state index in [9.17, 15) is 14.4 Å². The zero-order valence-corrected chi connectivity index (χ0v) is 16.1. The second-order valence-electron chi connectivity index (χ2n) is 6.29. The van der Waals surface area contributed by atoms with Crippen molar-refractivity contribution in [3.05, 3.63) is 59.2 Å². The SMILES string of the molecule is CNC(=O)c1ccc(CN(C)C(=O)c2ccc3c(c2)NC(=O)CCS3)cc1. The molecular formula is C20H21N3O3S. The highest BCUT2D eigenvalue weighted by molar-refractivity contribution is 7.99. The molecule has 0 aliphatic carbocycles. The minimum absolute atomic E-state index is 0.0320. The molecule has 2 aromatic rings. The van der Waals surface area contributed by atoms with Gasteiger partial charge in [-0.1, -0.05) is 12.1 Å². The number of fused-ring (bicyclic) bond motifs is 1. The number of benzene rings is 2. The van der Waals surface area contributed by atoms with Crippen molar-refractivity contribution < 1.29 is 14.4 Å². The van der Waals surface area contributed by atoms with Gasteiger partial charge in [-0.3, -0.25) is 14.4 Å². The van der Waals surface area contributed by atoms with Crippen molar-refractivity contribution in [1.82, 2.24) is 10.2 Å². The van der Waals surface area contributed by atoms with Crippen molar-refractivity contribution in [3.63, 3.8) is 0 Å². The molecule has 0 saturated carbocycles. The van der Waals surface area contributed by atoms with Crippen molar-refractivity contribution in [2.24, 2.45) is 0 Å². The summed E-state index contributed by atoms with van der Waals surface area (Å²) >= 11 is 1.61. The third-order valence-corrected chi connectivity index (χ3v) is 5.37. The largest absolute Gasteiger partial charge is 0.355 e. The molecule has 3 amide bonds. The Balaban J connectivity index is 1.72. The number of thioether (sulfide) groups is 1. The van der Waals surface area contributed by atoms with Gasteiger partial charge < -0.3 is 15.5 Å². The molecule has 0 bridgehead atoms. The van der Waals surface area contributed by atoms with Gasteiger partial charge in [0, 0.05) is 48.8 Å². The first-order chi connectivity index (χ1) is 13.0. The molecule has 1 aliphatic heterocycles. The highest BCUT2D eigenvalue weighted by Crippen LogP contribution is 2.31. The number of hydrogen-bond donors (Lipinski definition) is 2. The lowest BCUT2D eigenvalue weighted by Crippen LogP contribution is -2.26. The van der Waals surface area contributed by atoms with Crippen LogP contribution in [0.2, 0.25) is 0 Å². The summed E-state index contributed by atoms with van der Waals surface area (Å²) in [6.07, 6.45) is 0.467. The van der Waals surface area contributed by atoms with Gasteiger partial charge in [-0.2, -0.15) is 0 Å². The molecule has 0 fully saturated rings. The van der Waals surface area contributed by atoms with E-state index in [1.165, 1.54) is 0 Å². The van der Waals surface area contributed by atoms with Crippen LogP contribution in [0.25, 0.3) is 0 Å². The lowest BCUT2D eigenvalue weighted by atomic mass is 10.1. The monoisotopic (exact) mass is 383 g/mol. The molecule has 3 rings (SSSR count). The third kappa shape index (κ3) is 4.49. The van der Waals surface area contributed by atoms with Crippen molar-refractivity contribution in [3.8, 4) is 0 Å². The molecule has 0 aromatic heterocycles. The van der Waals surface area contributed by atoms with Crippen LogP contribution in [0.1, 0.15) is 32.7 Å². The first-order valence-corrected chi connectivity index (χ1v) is 9.59. The van der Waals surface area contributed by atoms with Crippen molar-refractivity contribution in [2.45, 2.75) is 17.9 Å². The molecular weight excluding hydrogens is 362 g/mol. The van der Waals surface area contributed by atoms with Gasteiger partial charge in [0.1, 0.15) is 0 Å². The molecule has 2 aromatic carbocycles. The summed E-state index contributed by atoms with van der Waals surface area (Å²) in [5.74, 6) is 0.431. The summed E-state index contributed by atoms with van der Waals surface area (Å²) < 4.78 is 0. The van der Waals surface area contributed by atoms with Crippen molar-refractivity contribution in [1.29, 1.82) is 0 Å². The predicted octanol–water partition coefficient (Wildman–Crippen LogP) is 2.75. The minimum atomic E-state index is -0.143. The average molecular weight is 383 g/mol. The van der Waals surface area contributed by atoms with Crippen LogP contribution in [-0.4, -0.2) is 42.5 Å². The Bertz CT molecular complexity index is 881. The maximum atomic E-state index is 12.8. The van der Waals surface area contributed by atoms with E-state index >= 15 is 0 Å². The summed E-state index contributed by atoms with van der Waals surface area (Å²) in [7, 11) is 3.32. The summed E-state index contributed by atoms with van der Waals surface area (Å²) in [5, 5.41) is 5.44. The van der Waals surface area contributed by atoms with Gasteiger partial charge in [-0.05, 0) is 35.9 Å². The zero-order chi connectivity index (χ0) is 19.4. The molecule has 6 nitrogen and oxygen atoms in total. The molecule has 0 radical (unpaired) electrons. The third-order valence-electron chi connectivity index (χ3n) is 4.30. The Morgan fingerprint density at radius 1 is 1.15 bits per heavy atom. The van der Waals surface area contributed by atoms with E-state index in [2.05, 4.69) is 10.6 Å². The number of rotatable bonds is 4. The Morgan fingerprint density at radius 3 is 2.56 bits per heavy atom. The molecule has 0 atom stereocenters. The second-order valence-corrected chi connectivity index (χ2v) is 7.43. The molecule has 140 valence electrons. The molecule has 7 heteroatoms. The van der Waals surface area contributed by atoms with Gasteiger partial charge in [0.25, 0.3) is 11.8 Å². The summed E-state index contributed by atoms with van der Waals surface area (Å²) in [6.45, 7) is 0.422. The first kappa shape index (κ1) is 19.0. The van der Waals surface area contributed by atoms with E-state index in [1.54, 1.807) is 55.0 Å². The average Bonchev–Trinajstić information content (AvgIpc) is 2.87. The number of carbonyl (C=O) groups excluding carboxylic acids is 3. The van der Waals surface area contributed by atoms with Gasteiger partial charge >= 0.3 is 0 Å². The molecule has 1 aliphatic rings. The fourth-order valence-corrected chi connectivity index (χ4v) is 3.76. The minimum Gasteiger partial charge on any atom is -0.355 e. The van der Waals surface area contributed by atoms with Crippen LogP contribution in [0.5, 0.6) is 0 Å². The van der Waals surface area contributed by atoms with E-state index in [0.29, 0.717) is 29.8 Å². The Kier molecular flexibility index (Phi) is 5.81. The molecule has 1 heterocycles. The predicted molar refractivity (Wildman–Crippen MR) is 106 cm³/mol. The molecule has 27 heavy (non-hydrogen) atoms. The van der Waals surface area contributed by atoms with E-state index in [4.69, 9.17) is 0 Å². The smallest absolute Gasteiger partial charge is 0.253 e. The number of anilines is 1.